The van der Waals surface area contributed by atoms with Gasteiger partial charge in [-0.3, -0.25) is 4.79 Å². The van der Waals surface area contributed by atoms with Gasteiger partial charge in [-0.2, -0.15) is 0 Å². The lowest BCUT2D eigenvalue weighted by Gasteiger charge is -2.18. The highest BCUT2D eigenvalue weighted by molar-refractivity contribution is 6.06. The third kappa shape index (κ3) is 2.92. The molecule has 2 aromatic rings. The average Bonchev–Trinajstić information content (AvgIpc) is 2.74. The van der Waals surface area contributed by atoms with E-state index in [0.29, 0.717) is 6.54 Å². The van der Waals surface area contributed by atoms with Crippen molar-refractivity contribution in [2.45, 2.75) is 27.2 Å². The van der Waals surface area contributed by atoms with Crippen LogP contribution in [0.2, 0.25) is 0 Å². The van der Waals surface area contributed by atoms with Crippen LogP contribution >= 0.6 is 0 Å². The predicted octanol–water partition coefficient (Wildman–Crippen LogP) is 3.33. The van der Waals surface area contributed by atoms with Gasteiger partial charge in [0, 0.05) is 29.2 Å². The molecule has 1 heterocycles. The van der Waals surface area contributed by atoms with Gasteiger partial charge in [0.1, 0.15) is 0 Å². The Balaban J connectivity index is 2.07. The van der Waals surface area contributed by atoms with Crippen molar-refractivity contribution in [3.8, 4) is 0 Å². The van der Waals surface area contributed by atoms with E-state index in [1.165, 1.54) is 0 Å². The lowest BCUT2D eigenvalue weighted by molar-refractivity contribution is 0.0951. The van der Waals surface area contributed by atoms with Gasteiger partial charge in [0.25, 0.3) is 5.91 Å². The third-order valence-electron chi connectivity index (χ3n) is 3.00. The van der Waals surface area contributed by atoms with Gasteiger partial charge < -0.3 is 10.3 Å². The normalized spacial score (nSPS) is 11.7. The summed E-state index contributed by atoms with van der Waals surface area (Å²) in [5, 5.41) is 3.96. The minimum Gasteiger partial charge on any atom is -0.361 e. The van der Waals surface area contributed by atoms with Crippen LogP contribution in [0.15, 0.2) is 30.5 Å². The smallest absolute Gasteiger partial charge is 0.251 e. The first-order chi connectivity index (χ1) is 8.47. The molecule has 18 heavy (non-hydrogen) atoms. The molecule has 3 nitrogen and oxygen atoms in total. The molecule has 1 aromatic carbocycles. The Bertz CT molecular complexity index is 549. The van der Waals surface area contributed by atoms with Crippen molar-refractivity contribution < 1.29 is 4.79 Å². The molecule has 2 N–H and O–H groups in total. The molecule has 0 fully saturated rings. The summed E-state index contributed by atoms with van der Waals surface area (Å²) in [5.74, 6) is 0.00412. The maximum atomic E-state index is 12.1. The van der Waals surface area contributed by atoms with Crippen LogP contribution in [0.25, 0.3) is 10.9 Å². The monoisotopic (exact) mass is 244 g/mol. The zero-order valence-electron chi connectivity index (χ0n) is 11.2. The highest BCUT2D eigenvalue weighted by atomic mass is 16.1. The second-order valence-electron chi connectivity index (χ2n) is 5.81. The van der Waals surface area contributed by atoms with E-state index in [2.05, 4.69) is 31.1 Å². The number of carbonyl (C=O) groups is 1. The van der Waals surface area contributed by atoms with E-state index in [1.54, 1.807) is 0 Å². The van der Waals surface area contributed by atoms with E-state index in [4.69, 9.17) is 0 Å². The summed E-state index contributed by atoms with van der Waals surface area (Å²) in [4.78, 5) is 15.2. The van der Waals surface area contributed by atoms with Crippen molar-refractivity contribution in [2.75, 3.05) is 6.54 Å². The van der Waals surface area contributed by atoms with Crippen molar-refractivity contribution in [3.05, 3.63) is 36.0 Å². The summed E-state index contributed by atoms with van der Waals surface area (Å²) >= 11 is 0. The Hall–Kier alpha value is -1.77. The first-order valence-corrected chi connectivity index (χ1v) is 6.32. The van der Waals surface area contributed by atoms with Crippen LogP contribution in [0.1, 0.15) is 37.6 Å². The fourth-order valence-corrected chi connectivity index (χ4v) is 1.93. The van der Waals surface area contributed by atoms with Crippen LogP contribution in [0, 0.1) is 5.41 Å². The van der Waals surface area contributed by atoms with Gasteiger partial charge in [-0.05, 0) is 30.0 Å². The molecule has 2 rings (SSSR count). The van der Waals surface area contributed by atoms with Crippen LogP contribution in [-0.2, 0) is 0 Å². The molecule has 0 atom stereocenters. The Labute approximate surface area is 108 Å². The Kier molecular flexibility index (Phi) is 3.41. The molecule has 1 aromatic heterocycles. The molecule has 0 saturated heterocycles. The Morgan fingerprint density at radius 1 is 1.28 bits per heavy atom. The van der Waals surface area contributed by atoms with Crippen molar-refractivity contribution in [1.82, 2.24) is 10.3 Å². The second kappa shape index (κ2) is 4.84. The molecule has 0 spiro atoms. The minimum atomic E-state index is 0.00412. The van der Waals surface area contributed by atoms with E-state index in [-0.39, 0.29) is 11.3 Å². The van der Waals surface area contributed by atoms with Crippen molar-refractivity contribution >= 4 is 16.8 Å². The Morgan fingerprint density at radius 2 is 2.06 bits per heavy atom. The van der Waals surface area contributed by atoms with Crippen LogP contribution < -0.4 is 5.32 Å². The summed E-state index contributed by atoms with van der Waals surface area (Å²) in [7, 11) is 0. The summed E-state index contributed by atoms with van der Waals surface area (Å²) in [6.45, 7) is 7.23. The molecule has 3 heteroatoms. The Morgan fingerprint density at radius 3 is 2.78 bits per heavy atom. The summed E-state index contributed by atoms with van der Waals surface area (Å²) in [5.41, 5.74) is 1.98. The largest absolute Gasteiger partial charge is 0.361 e. The van der Waals surface area contributed by atoms with E-state index in [1.807, 2.05) is 30.5 Å². The highest BCUT2D eigenvalue weighted by Crippen LogP contribution is 2.19. The maximum absolute atomic E-state index is 12.1. The first kappa shape index (κ1) is 12.7. The molecule has 0 unspecified atom stereocenters. The fraction of sp³-hybridized carbons (Fsp3) is 0.400. The number of amides is 1. The van der Waals surface area contributed by atoms with Gasteiger partial charge >= 0.3 is 0 Å². The number of benzene rings is 1. The fourth-order valence-electron chi connectivity index (χ4n) is 1.93. The molecule has 96 valence electrons. The number of nitrogens with one attached hydrogen (secondary N) is 2. The van der Waals surface area contributed by atoms with E-state index >= 15 is 0 Å². The van der Waals surface area contributed by atoms with Crippen molar-refractivity contribution in [2.24, 2.45) is 5.41 Å². The van der Waals surface area contributed by atoms with Crippen molar-refractivity contribution in [1.29, 1.82) is 0 Å². The van der Waals surface area contributed by atoms with Gasteiger partial charge in [-0.1, -0.05) is 26.8 Å². The molecule has 0 saturated carbocycles. The lowest BCUT2D eigenvalue weighted by Crippen LogP contribution is -2.27. The number of rotatable bonds is 3. The van der Waals surface area contributed by atoms with Gasteiger partial charge in [0.2, 0.25) is 0 Å². The van der Waals surface area contributed by atoms with Crippen molar-refractivity contribution in [3.63, 3.8) is 0 Å². The van der Waals surface area contributed by atoms with Crippen LogP contribution in [0.3, 0.4) is 0 Å². The minimum absolute atomic E-state index is 0.00412. The summed E-state index contributed by atoms with van der Waals surface area (Å²) in [6.07, 6.45) is 2.83. The van der Waals surface area contributed by atoms with Gasteiger partial charge in [0.05, 0.1) is 0 Å². The number of H-pyrrole nitrogens is 1. The standard InChI is InChI=1S/C15H20N2O/c1-15(2,3)8-10-17-14(18)12-5-4-6-13-11(12)7-9-16-13/h4-7,9,16H,8,10H2,1-3H3,(H,17,18). The maximum Gasteiger partial charge on any atom is 0.251 e. The van der Waals surface area contributed by atoms with E-state index in [0.717, 1.165) is 22.9 Å². The summed E-state index contributed by atoms with van der Waals surface area (Å²) < 4.78 is 0. The molecular weight excluding hydrogens is 224 g/mol. The molecule has 1 amide bonds. The topological polar surface area (TPSA) is 44.9 Å². The number of carbonyl (C=O) groups excluding carboxylic acids is 1. The third-order valence-corrected chi connectivity index (χ3v) is 3.00. The number of hydrogen-bond acceptors (Lipinski definition) is 1. The molecule has 0 radical (unpaired) electrons. The van der Waals surface area contributed by atoms with Crippen LogP contribution in [-0.4, -0.2) is 17.4 Å². The van der Waals surface area contributed by atoms with Gasteiger partial charge in [0.15, 0.2) is 0 Å². The number of fused-ring (bicyclic) bond motifs is 1. The van der Waals surface area contributed by atoms with Crippen LogP contribution in [0.4, 0.5) is 0 Å². The molecule has 0 bridgehead atoms. The second-order valence-corrected chi connectivity index (χ2v) is 5.81. The quantitative estimate of drug-likeness (QED) is 0.854. The zero-order chi connectivity index (χ0) is 13.2. The predicted molar refractivity (Wildman–Crippen MR) is 74.7 cm³/mol. The number of aromatic nitrogens is 1. The molecule has 0 aliphatic rings. The molecule has 0 aliphatic heterocycles. The number of hydrogen-bond donors (Lipinski definition) is 2. The lowest BCUT2D eigenvalue weighted by atomic mass is 9.92. The summed E-state index contributed by atoms with van der Waals surface area (Å²) in [6, 6.07) is 7.68. The number of aromatic amines is 1. The van der Waals surface area contributed by atoms with E-state index in [9.17, 15) is 4.79 Å². The molecule has 0 aliphatic carbocycles. The SMILES string of the molecule is CC(C)(C)CCNC(=O)c1cccc2[nH]ccc12. The molecular formula is C15H20N2O. The van der Waals surface area contributed by atoms with Gasteiger partial charge in [-0.25, -0.2) is 0 Å². The van der Waals surface area contributed by atoms with E-state index < -0.39 is 0 Å². The first-order valence-electron chi connectivity index (χ1n) is 6.32. The van der Waals surface area contributed by atoms with Crippen LogP contribution in [0.5, 0.6) is 0 Å². The highest BCUT2D eigenvalue weighted by Gasteiger charge is 2.13. The average molecular weight is 244 g/mol. The zero-order valence-corrected chi connectivity index (χ0v) is 11.2. The van der Waals surface area contributed by atoms with Gasteiger partial charge in [-0.15, -0.1) is 0 Å².